The zero-order chi connectivity index (χ0) is 27.7. The Bertz CT molecular complexity index is 1220. The summed E-state index contributed by atoms with van der Waals surface area (Å²) in [5, 5.41) is 5.08. The van der Waals surface area contributed by atoms with Crippen LogP contribution in [0.25, 0.3) is 0 Å². The lowest BCUT2D eigenvalue weighted by molar-refractivity contribution is -0.132. The number of para-hydroxylation sites is 1. The number of anilines is 1. The molecule has 0 saturated carbocycles. The third kappa shape index (κ3) is 7.51. The molecule has 0 unspecified atom stereocenters. The lowest BCUT2D eigenvalue weighted by Crippen LogP contribution is -2.45. The molecule has 7 nitrogen and oxygen atoms in total. The number of nitrogens with one attached hydrogen (secondary N) is 1. The average Bonchev–Trinajstić information content (AvgIpc) is 3.31. The molecule has 3 rings (SSSR count). The molecule has 0 spiro atoms. The minimum atomic E-state index is -0.259. The van der Waals surface area contributed by atoms with Gasteiger partial charge in [-0.1, -0.05) is 31.2 Å². The van der Waals surface area contributed by atoms with Gasteiger partial charge in [0.2, 0.25) is 5.91 Å². The molecular formula is C30H39N3O4S. The topological polar surface area (TPSA) is 71.1 Å². The molecule has 3 amide bonds. The van der Waals surface area contributed by atoms with Crippen molar-refractivity contribution in [1.82, 2.24) is 9.80 Å². The van der Waals surface area contributed by atoms with Crippen LogP contribution in [0.2, 0.25) is 0 Å². The van der Waals surface area contributed by atoms with Crippen LogP contribution < -0.4 is 14.8 Å². The summed E-state index contributed by atoms with van der Waals surface area (Å²) in [6, 6.07) is 13.5. The number of urea groups is 1. The van der Waals surface area contributed by atoms with Crippen LogP contribution in [0.5, 0.6) is 11.5 Å². The summed E-state index contributed by atoms with van der Waals surface area (Å²) in [4.78, 5) is 31.5. The minimum absolute atomic E-state index is 0.0148. The highest BCUT2D eigenvalue weighted by atomic mass is 32.1. The maximum Gasteiger partial charge on any atom is 0.322 e. The molecule has 38 heavy (non-hydrogen) atoms. The zero-order valence-corrected chi connectivity index (χ0v) is 24.1. The molecule has 1 heterocycles. The standard InChI is InChI=1S/C30H39N3O4S/c1-7-15-33(30(35)31-29-22(3)9-8-10-23(29)4)20-28(34)32(19-27-21(2)14-17-38-27)16-13-24-11-12-25(36-5)26(18-24)37-6/h8-12,14,17-18H,7,13,15-16,19-20H2,1-6H3,(H,31,35). The van der Waals surface area contributed by atoms with Crippen molar-refractivity contribution in [2.45, 2.75) is 47.1 Å². The number of methoxy groups -OCH3 is 2. The highest BCUT2D eigenvalue weighted by Gasteiger charge is 2.23. The molecular weight excluding hydrogens is 498 g/mol. The summed E-state index contributed by atoms with van der Waals surface area (Å²) in [5.74, 6) is 1.25. The Balaban J connectivity index is 1.77. The van der Waals surface area contributed by atoms with Gasteiger partial charge in [0.25, 0.3) is 0 Å². The molecule has 1 aromatic heterocycles. The van der Waals surface area contributed by atoms with Gasteiger partial charge in [-0.15, -0.1) is 11.3 Å². The molecule has 204 valence electrons. The SMILES string of the molecule is CCCN(CC(=O)N(CCc1ccc(OC)c(OC)c1)Cc1sccc1C)C(=O)Nc1c(C)cccc1C. The molecule has 2 aromatic carbocycles. The number of rotatable bonds is 12. The number of hydrogen-bond donors (Lipinski definition) is 1. The van der Waals surface area contributed by atoms with Crippen LogP contribution in [0.3, 0.4) is 0 Å². The third-order valence-electron chi connectivity index (χ3n) is 6.59. The largest absolute Gasteiger partial charge is 0.493 e. The van der Waals surface area contributed by atoms with E-state index in [1.54, 1.807) is 30.5 Å². The maximum absolute atomic E-state index is 13.7. The van der Waals surface area contributed by atoms with Gasteiger partial charge < -0.3 is 24.6 Å². The number of benzene rings is 2. The van der Waals surface area contributed by atoms with Gasteiger partial charge in [0.15, 0.2) is 11.5 Å². The molecule has 1 N–H and O–H groups in total. The number of carbonyl (C=O) groups is 2. The predicted octanol–water partition coefficient (Wildman–Crippen LogP) is 6.21. The highest BCUT2D eigenvalue weighted by molar-refractivity contribution is 7.10. The molecule has 0 aliphatic carbocycles. The van der Waals surface area contributed by atoms with Crippen LogP contribution in [0.4, 0.5) is 10.5 Å². The van der Waals surface area contributed by atoms with Crippen molar-refractivity contribution in [3.05, 3.63) is 75.0 Å². The van der Waals surface area contributed by atoms with E-state index in [1.165, 1.54) is 0 Å². The Labute approximate surface area is 230 Å². The summed E-state index contributed by atoms with van der Waals surface area (Å²) in [6.45, 7) is 9.54. The fraction of sp³-hybridized carbons (Fsp3) is 0.400. The van der Waals surface area contributed by atoms with E-state index in [9.17, 15) is 9.59 Å². The van der Waals surface area contributed by atoms with Crippen LogP contribution in [0.1, 0.15) is 40.5 Å². The van der Waals surface area contributed by atoms with Gasteiger partial charge in [0.05, 0.1) is 20.8 Å². The Morgan fingerprint density at radius 1 is 0.895 bits per heavy atom. The predicted molar refractivity (Wildman–Crippen MR) is 155 cm³/mol. The molecule has 3 aromatic rings. The number of nitrogens with zero attached hydrogens (tertiary/aromatic N) is 2. The third-order valence-corrected chi connectivity index (χ3v) is 7.60. The van der Waals surface area contributed by atoms with Gasteiger partial charge >= 0.3 is 6.03 Å². The number of amides is 3. The van der Waals surface area contributed by atoms with Gasteiger partial charge in [0, 0.05) is 23.7 Å². The van der Waals surface area contributed by atoms with E-state index in [2.05, 4.69) is 18.3 Å². The normalized spacial score (nSPS) is 10.7. The summed E-state index contributed by atoms with van der Waals surface area (Å²) in [6.07, 6.45) is 1.40. The van der Waals surface area contributed by atoms with Crippen LogP contribution in [0.15, 0.2) is 47.8 Å². The summed E-state index contributed by atoms with van der Waals surface area (Å²) in [7, 11) is 3.22. The first-order valence-corrected chi connectivity index (χ1v) is 13.8. The van der Waals surface area contributed by atoms with Crippen molar-refractivity contribution in [3.63, 3.8) is 0 Å². The van der Waals surface area contributed by atoms with Crippen molar-refractivity contribution in [2.75, 3.05) is 39.2 Å². The second kappa shape index (κ2) is 13.9. The number of hydrogen-bond acceptors (Lipinski definition) is 5. The molecule has 0 fully saturated rings. The smallest absolute Gasteiger partial charge is 0.322 e. The number of carbonyl (C=O) groups excluding carboxylic acids is 2. The molecule has 0 aliphatic heterocycles. The van der Waals surface area contributed by atoms with Crippen molar-refractivity contribution < 1.29 is 19.1 Å². The summed E-state index contributed by atoms with van der Waals surface area (Å²) >= 11 is 1.65. The average molecular weight is 538 g/mol. The highest BCUT2D eigenvalue weighted by Crippen LogP contribution is 2.28. The van der Waals surface area contributed by atoms with Crippen molar-refractivity contribution >= 4 is 29.0 Å². The van der Waals surface area contributed by atoms with Gasteiger partial charge in [0.1, 0.15) is 6.54 Å². The second-order valence-electron chi connectivity index (χ2n) is 9.40. The fourth-order valence-electron chi connectivity index (χ4n) is 4.31. The number of thiophene rings is 1. The van der Waals surface area contributed by atoms with E-state index < -0.39 is 0 Å². The molecule has 0 atom stereocenters. The van der Waals surface area contributed by atoms with E-state index in [-0.39, 0.29) is 18.5 Å². The zero-order valence-electron chi connectivity index (χ0n) is 23.3. The maximum atomic E-state index is 13.7. The lowest BCUT2D eigenvalue weighted by Gasteiger charge is -2.28. The Morgan fingerprint density at radius 3 is 2.21 bits per heavy atom. The number of ether oxygens (including phenoxy) is 2. The first kappa shape index (κ1) is 29.0. The molecule has 0 bridgehead atoms. The van der Waals surface area contributed by atoms with E-state index in [4.69, 9.17) is 9.47 Å². The minimum Gasteiger partial charge on any atom is -0.493 e. The van der Waals surface area contributed by atoms with E-state index >= 15 is 0 Å². The quantitative estimate of drug-likeness (QED) is 0.298. The first-order valence-electron chi connectivity index (χ1n) is 12.9. The molecule has 0 radical (unpaired) electrons. The van der Waals surface area contributed by atoms with Crippen LogP contribution in [-0.4, -0.2) is 55.6 Å². The molecule has 8 heteroatoms. The molecule has 0 saturated heterocycles. The van der Waals surface area contributed by atoms with E-state index in [0.717, 1.165) is 39.2 Å². The molecule has 0 aliphatic rings. The summed E-state index contributed by atoms with van der Waals surface area (Å²) in [5.41, 5.74) is 4.99. The Hall–Kier alpha value is -3.52. The van der Waals surface area contributed by atoms with E-state index in [1.807, 2.05) is 67.4 Å². The Kier molecular flexibility index (Phi) is 10.6. The summed E-state index contributed by atoms with van der Waals surface area (Å²) < 4.78 is 10.8. The second-order valence-corrected chi connectivity index (χ2v) is 10.4. The van der Waals surface area contributed by atoms with Crippen LogP contribution in [0, 0.1) is 20.8 Å². The monoisotopic (exact) mass is 537 g/mol. The van der Waals surface area contributed by atoms with E-state index in [0.29, 0.717) is 37.6 Å². The van der Waals surface area contributed by atoms with Gasteiger partial charge in [-0.05, 0) is 79.4 Å². The van der Waals surface area contributed by atoms with Crippen molar-refractivity contribution in [1.29, 1.82) is 0 Å². The van der Waals surface area contributed by atoms with Gasteiger partial charge in [-0.2, -0.15) is 0 Å². The number of aryl methyl sites for hydroxylation is 3. The van der Waals surface area contributed by atoms with Gasteiger partial charge in [-0.3, -0.25) is 4.79 Å². The van der Waals surface area contributed by atoms with Crippen LogP contribution in [-0.2, 0) is 17.8 Å². The van der Waals surface area contributed by atoms with Crippen molar-refractivity contribution in [2.24, 2.45) is 0 Å². The lowest BCUT2D eigenvalue weighted by atomic mass is 10.1. The fourth-order valence-corrected chi connectivity index (χ4v) is 5.24. The Morgan fingerprint density at radius 2 is 1.61 bits per heavy atom. The van der Waals surface area contributed by atoms with Gasteiger partial charge in [-0.25, -0.2) is 4.79 Å². The first-order chi connectivity index (χ1) is 18.3. The van der Waals surface area contributed by atoms with Crippen LogP contribution >= 0.6 is 11.3 Å². The van der Waals surface area contributed by atoms with Crippen molar-refractivity contribution in [3.8, 4) is 11.5 Å².